The van der Waals surface area contributed by atoms with Crippen molar-refractivity contribution in [3.63, 3.8) is 0 Å². The SMILES string of the molecule is NC(=O)COCCNc1nnc(Br)s1. The van der Waals surface area contributed by atoms with Gasteiger partial charge in [0.05, 0.1) is 6.61 Å². The minimum absolute atomic E-state index is 0.0541. The zero-order valence-electron chi connectivity index (χ0n) is 7.20. The summed E-state index contributed by atoms with van der Waals surface area (Å²) >= 11 is 4.57. The lowest BCUT2D eigenvalue weighted by Crippen LogP contribution is -2.20. The van der Waals surface area contributed by atoms with Crippen LogP contribution in [0.25, 0.3) is 0 Å². The van der Waals surface area contributed by atoms with Gasteiger partial charge in [0.25, 0.3) is 0 Å². The fourth-order valence-electron chi connectivity index (χ4n) is 0.680. The maximum atomic E-state index is 10.3. The van der Waals surface area contributed by atoms with Crippen molar-refractivity contribution in [2.75, 3.05) is 25.1 Å². The molecule has 78 valence electrons. The van der Waals surface area contributed by atoms with Crippen molar-refractivity contribution in [3.05, 3.63) is 3.92 Å². The van der Waals surface area contributed by atoms with E-state index in [-0.39, 0.29) is 6.61 Å². The fourth-order valence-corrected chi connectivity index (χ4v) is 1.72. The van der Waals surface area contributed by atoms with Gasteiger partial charge in [0.15, 0.2) is 3.92 Å². The third kappa shape index (κ3) is 4.49. The number of hydrogen-bond acceptors (Lipinski definition) is 6. The Bertz CT molecular complexity index is 306. The summed E-state index contributed by atoms with van der Waals surface area (Å²) in [6.07, 6.45) is 0. The van der Waals surface area contributed by atoms with Crippen LogP contribution in [0.2, 0.25) is 0 Å². The number of carbonyl (C=O) groups is 1. The highest BCUT2D eigenvalue weighted by molar-refractivity contribution is 9.11. The Kier molecular flexibility index (Phi) is 4.77. The van der Waals surface area contributed by atoms with Crippen molar-refractivity contribution < 1.29 is 9.53 Å². The van der Waals surface area contributed by atoms with Crippen molar-refractivity contribution in [3.8, 4) is 0 Å². The van der Waals surface area contributed by atoms with E-state index in [1.165, 1.54) is 11.3 Å². The van der Waals surface area contributed by atoms with Gasteiger partial charge in [-0.3, -0.25) is 4.79 Å². The molecule has 0 saturated carbocycles. The quantitative estimate of drug-likeness (QED) is 0.728. The van der Waals surface area contributed by atoms with Crippen LogP contribution in [0.15, 0.2) is 3.92 Å². The molecule has 3 N–H and O–H groups in total. The second-order valence-electron chi connectivity index (χ2n) is 2.31. The fraction of sp³-hybridized carbons (Fsp3) is 0.500. The average Bonchev–Trinajstić information content (AvgIpc) is 2.50. The first-order valence-electron chi connectivity index (χ1n) is 3.77. The molecule has 0 atom stereocenters. The van der Waals surface area contributed by atoms with Gasteiger partial charge in [-0.1, -0.05) is 11.3 Å². The molecule has 1 rings (SSSR count). The third-order valence-corrected chi connectivity index (χ3v) is 2.48. The number of carbonyl (C=O) groups excluding carboxylic acids is 1. The zero-order valence-corrected chi connectivity index (χ0v) is 9.60. The first-order valence-corrected chi connectivity index (χ1v) is 5.38. The molecule has 1 aromatic heterocycles. The largest absolute Gasteiger partial charge is 0.370 e. The molecule has 0 aliphatic rings. The maximum absolute atomic E-state index is 10.3. The number of nitrogens with two attached hydrogens (primary N) is 1. The number of rotatable bonds is 6. The van der Waals surface area contributed by atoms with Gasteiger partial charge in [0, 0.05) is 6.54 Å². The van der Waals surface area contributed by atoms with E-state index >= 15 is 0 Å². The second kappa shape index (κ2) is 5.89. The van der Waals surface area contributed by atoms with Gasteiger partial charge in [-0.25, -0.2) is 0 Å². The lowest BCUT2D eigenvalue weighted by Gasteiger charge is -2.01. The molecule has 8 heteroatoms. The maximum Gasteiger partial charge on any atom is 0.243 e. The van der Waals surface area contributed by atoms with E-state index in [4.69, 9.17) is 10.5 Å². The highest BCUT2D eigenvalue weighted by atomic mass is 79.9. The molecule has 14 heavy (non-hydrogen) atoms. The van der Waals surface area contributed by atoms with Crippen LogP contribution in [0.3, 0.4) is 0 Å². The molecule has 0 radical (unpaired) electrons. The minimum Gasteiger partial charge on any atom is -0.370 e. The molecule has 0 bridgehead atoms. The first kappa shape index (κ1) is 11.3. The van der Waals surface area contributed by atoms with Crippen LogP contribution < -0.4 is 11.1 Å². The molecule has 0 aromatic carbocycles. The molecule has 1 heterocycles. The Morgan fingerprint density at radius 2 is 2.43 bits per heavy atom. The zero-order chi connectivity index (χ0) is 10.4. The molecular formula is C6H9BrN4O2S. The lowest BCUT2D eigenvalue weighted by molar-refractivity contribution is -0.122. The lowest BCUT2D eigenvalue weighted by atomic mass is 10.6. The van der Waals surface area contributed by atoms with Crippen LogP contribution in [0.5, 0.6) is 0 Å². The number of primary amides is 1. The Labute approximate surface area is 93.0 Å². The summed E-state index contributed by atoms with van der Waals surface area (Å²) in [5, 5.41) is 11.2. The van der Waals surface area contributed by atoms with Crippen LogP contribution >= 0.6 is 27.3 Å². The highest BCUT2D eigenvalue weighted by Gasteiger charge is 1.99. The number of hydrogen-bond donors (Lipinski definition) is 2. The van der Waals surface area contributed by atoms with E-state index < -0.39 is 5.91 Å². The van der Waals surface area contributed by atoms with Crippen LogP contribution in [0, 0.1) is 0 Å². The average molecular weight is 281 g/mol. The summed E-state index contributed by atoms with van der Waals surface area (Å²) < 4.78 is 5.65. The number of nitrogens with one attached hydrogen (secondary N) is 1. The first-order chi connectivity index (χ1) is 6.68. The number of aromatic nitrogens is 2. The molecule has 0 aliphatic heterocycles. The number of nitrogens with zero attached hydrogens (tertiary/aromatic N) is 2. The molecule has 6 nitrogen and oxygen atoms in total. The molecule has 0 unspecified atom stereocenters. The monoisotopic (exact) mass is 280 g/mol. The predicted molar refractivity (Wildman–Crippen MR) is 56.1 cm³/mol. The highest BCUT2D eigenvalue weighted by Crippen LogP contribution is 2.19. The van der Waals surface area contributed by atoms with E-state index in [0.29, 0.717) is 18.3 Å². The third-order valence-electron chi connectivity index (χ3n) is 1.17. The van der Waals surface area contributed by atoms with Crippen molar-refractivity contribution in [1.29, 1.82) is 0 Å². The summed E-state index contributed by atoms with van der Waals surface area (Å²) in [7, 11) is 0. The number of halogens is 1. The Morgan fingerprint density at radius 3 is 3.00 bits per heavy atom. The van der Waals surface area contributed by atoms with Crippen molar-refractivity contribution in [2.45, 2.75) is 0 Å². The van der Waals surface area contributed by atoms with Crippen LogP contribution in [0.1, 0.15) is 0 Å². The Morgan fingerprint density at radius 1 is 1.64 bits per heavy atom. The van der Waals surface area contributed by atoms with E-state index in [0.717, 1.165) is 3.92 Å². The van der Waals surface area contributed by atoms with Gasteiger partial charge in [-0.2, -0.15) is 0 Å². The van der Waals surface area contributed by atoms with E-state index in [1.807, 2.05) is 0 Å². The van der Waals surface area contributed by atoms with Crippen LogP contribution in [0.4, 0.5) is 5.13 Å². The number of anilines is 1. The molecule has 0 saturated heterocycles. The Hall–Kier alpha value is -0.730. The van der Waals surface area contributed by atoms with Gasteiger partial charge >= 0.3 is 0 Å². The number of amides is 1. The van der Waals surface area contributed by atoms with Crippen molar-refractivity contribution in [2.24, 2.45) is 5.73 Å². The van der Waals surface area contributed by atoms with E-state index in [2.05, 4.69) is 31.4 Å². The smallest absolute Gasteiger partial charge is 0.243 e. The summed E-state index contributed by atoms with van der Waals surface area (Å²) in [5.41, 5.74) is 4.88. The molecule has 0 spiro atoms. The molecule has 0 fully saturated rings. The molecule has 1 aromatic rings. The van der Waals surface area contributed by atoms with Gasteiger partial charge in [-0.05, 0) is 15.9 Å². The molecule has 0 aliphatic carbocycles. The van der Waals surface area contributed by atoms with Crippen molar-refractivity contribution >= 4 is 38.3 Å². The summed E-state index contributed by atoms with van der Waals surface area (Å²) in [6, 6.07) is 0. The molecular weight excluding hydrogens is 272 g/mol. The predicted octanol–water partition coefficient (Wildman–Crippen LogP) is 0.214. The second-order valence-corrected chi connectivity index (χ2v) is 4.56. The van der Waals surface area contributed by atoms with Crippen LogP contribution in [-0.2, 0) is 9.53 Å². The van der Waals surface area contributed by atoms with E-state index in [1.54, 1.807) is 0 Å². The normalized spacial score (nSPS) is 10.1. The van der Waals surface area contributed by atoms with Crippen LogP contribution in [-0.4, -0.2) is 35.9 Å². The van der Waals surface area contributed by atoms with Crippen molar-refractivity contribution in [1.82, 2.24) is 10.2 Å². The number of ether oxygens (including phenoxy) is 1. The minimum atomic E-state index is -0.469. The Balaban J connectivity index is 2.07. The topological polar surface area (TPSA) is 90.1 Å². The molecule has 1 amide bonds. The van der Waals surface area contributed by atoms with Gasteiger partial charge in [0.2, 0.25) is 11.0 Å². The summed E-state index contributed by atoms with van der Waals surface area (Å²) in [5.74, 6) is -0.469. The summed E-state index contributed by atoms with van der Waals surface area (Å²) in [6.45, 7) is 0.913. The van der Waals surface area contributed by atoms with Gasteiger partial charge in [0.1, 0.15) is 6.61 Å². The van der Waals surface area contributed by atoms with E-state index in [9.17, 15) is 4.79 Å². The summed E-state index contributed by atoms with van der Waals surface area (Å²) in [4.78, 5) is 10.3. The van der Waals surface area contributed by atoms with Gasteiger partial charge in [-0.15, -0.1) is 10.2 Å². The standard InChI is InChI=1S/C6H9BrN4O2S/c7-5-10-11-6(14-5)9-1-2-13-3-4(8)12/h1-3H2,(H2,8,12)(H,9,11). The van der Waals surface area contributed by atoms with Gasteiger partial charge < -0.3 is 15.8 Å².